The van der Waals surface area contributed by atoms with E-state index in [4.69, 9.17) is 5.26 Å². The van der Waals surface area contributed by atoms with E-state index in [0.717, 1.165) is 44.6 Å². The molecule has 0 bridgehead atoms. The summed E-state index contributed by atoms with van der Waals surface area (Å²) in [5.41, 5.74) is -1.04. The molecule has 1 saturated heterocycles. The van der Waals surface area contributed by atoms with Crippen molar-refractivity contribution in [1.29, 1.82) is 5.26 Å². The van der Waals surface area contributed by atoms with Gasteiger partial charge in [0.05, 0.1) is 11.8 Å². The Bertz CT molecular complexity index is 870. The number of carbonyl (C=O) groups excluding carboxylic acids is 3. The Hall–Kier alpha value is -3.15. The van der Waals surface area contributed by atoms with Crippen molar-refractivity contribution in [3.05, 3.63) is 29.6 Å². The summed E-state index contributed by atoms with van der Waals surface area (Å²) in [6, 6.07) is 5.35. The van der Waals surface area contributed by atoms with Gasteiger partial charge in [-0.05, 0) is 50.3 Å². The van der Waals surface area contributed by atoms with Gasteiger partial charge in [-0.15, -0.1) is 0 Å². The molecule has 1 aliphatic heterocycles. The summed E-state index contributed by atoms with van der Waals surface area (Å²) in [6.07, 6.45) is 6.37. The van der Waals surface area contributed by atoms with Crippen molar-refractivity contribution in [2.75, 3.05) is 25.0 Å². The average Bonchev–Trinajstić information content (AvgIpc) is 2.79. The van der Waals surface area contributed by atoms with E-state index in [0.29, 0.717) is 25.9 Å². The molecule has 1 aliphatic carbocycles. The summed E-state index contributed by atoms with van der Waals surface area (Å²) in [5.74, 6) is -1.68. The fraction of sp³-hybridized carbons (Fsp3) is 0.545. The van der Waals surface area contributed by atoms with Gasteiger partial charge >= 0.3 is 6.03 Å². The fourth-order valence-corrected chi connectivity index (χ4v) is 4.19. The van der Waals surface area contributed by atoms with Gasteiger partial charge < -0.3 is 20.9 Å². The van der Waals surface area contributed by atoms with Crippen molar-refractivity contribution in [2.24, 2.45) is 0 Å². The van der Waals surface area contributed by atoms with Crippen molar-refractivity contribution in [2.45, 2.75) is 56.9 Å². The fourth-order valence-electron chi connectivity index (χ4n) is 4.19. The molecule has 1 heterocycles. The normalized spacial score (nSPS) is 17.9. The van der Waals surface area contributed by atoms with Crippen LogP contribution in [-0.4, -0.2) is 47.9 Å². The molecule has 2 fully saturated rings. The maximum absolute atomic E-state index is 14.6. The molecule has 4 amide bonds. The first-order valence-electron chi connectivity index (χ1n) is 10.8. The molecule has 166 valence electrons. The van der Waals surface area contributed by atoms with Gasteiger partial charge in [0, 0.05) is 18.7 Å². The van der Waals surface area contributed by atoms with Crippen LogP contribution in [0.3, 0.4) is 0 Å². The quantitative estimate of drug-likeness (QED) is 0.624. The smallest absolute Gasteiger partial charge is 0.321 e. The third-order valence-corrected chi connectivity index (χ3v) is 5.94. The first-order valence-corrected chi connectivity index (χ1v) is 10.8. The maximum Gasteiger partial charge on any atom is 0.321 e. The highest BCUT2D eigenvalue weighted by Crippen LogP contribution is 2.29. The zero-order valence-electron chi connectivity index (χ0n) is 17.5. The number of rotatable bonds is 5. The number of nitrogens with zero attached hydrogens (tertiary/aromatic N) is 2. The molecule has 2 aliphatic rings. The molecule has 31 heavy (non-hydrogen) atoms. The number of benzene rings is 1. The number of piperidine rings is 1. The van der Waals surface area contributed by atoms with E-state index in [1.807, 2.05) is 6.07 Å². The van der Waals surface area contributed by atoms with Crippen LogP contribution in [0.4, 0.5) is 14.9 Å². The predicted octanol–water partition coefficient (Wildman–Crippen LogP) is 2.92. The lowest BCUT2D eigenvalue weighted by atomic mass is 9.80. The highest BCUT2D eigenvalue weighted by atomic mass is 19.1. The van der Waals surface area contributed by atoms with Crippen molar-refractivity contribution >= 4 is 23.5 Å². The lowest BCUT2D eigenvalue weighted by Gasteiger charge is -2.36. The van der Waals surface area contributed by atoms with E-state index in [-0.39, 0.29) is 23.8 Å². The lowest BCUT2D eigenvalue weighted by molar-refractivity contribution is -0.128. The highest BCUT2D eigenvalue weighted by Gasteiger charge is 2.40. The first-order chi connectivity index (χ1) is 14.9. The largest absolute Gasteiger partial charge is 0.341 e. The summed E-state index contributed by atoms with van der Waals surface area (Å²) < 4.78 is 14.6. The molecule has 0 spiro atoms. The number of carbonyl (C=O) groups is 3. The van der Waals surface area contributed by atoms with E-state index in [1.165, 1.54) is 12.1 Å². The van der Waals surface area contributed by atoms with E-state index < -0.39 is 23.2 Å². The second-order valence-electron chi connectivity index (χ2n) is 8.11. The minimum atomic E-state index is -1.11. The van der Waals surface area contributed by atoms with Gasteiger partial charge in [0.15, 0.2) is 0 Å². The number of nitriles is 1. The Balaban J connectivity index is 1.69. The number of hydrogen-bond donors (Lipinski definition) is 3. The molecular weight excluding hydrogens is 401 g/mol. The van der Waals surface area contributed by atoms with Crippen LogP contribution in [0.5, 0.6) is 0 Å². The summed E-state index contributed by atoms with van der Waals surface area (Å²) in [6.45, 7) is 1.14. The number of likely N-dealkylation sites (tertiary alicyclic amines) is 1. The molecule has 3 rings (SSSR count). The number of amides is 4. The topological polar surface area (TPSA) is 114 Å². The molecule has 3 N–H and O–H groups in total. The molecule has 1 saturated carbocycles. The molecule has 1 aromatic carbocycles. The van der Waals surface area contributed by atoms with E-state index in [2.05, 4.69) is 16.0 Å². The van der Waals surface area contributed by atoms with Crippen LogP contribution in [-0.2, 0) is 4.79 Å². The highest BCUT2D eigenvalue weighted by molar-refractivity contribution is 6.00. The number of anilines is 1. The number of hydrogen-bond acceptors (Lipinski definition) is 4. The third-order valence-electron chi connectivity index (χ3n) is 5.94. The molecule has 9 heteroatoms. The summed E-state index contributed by atoms with van der Waals surface area (Å²) in [4.78, 5) is 39.4. The number of halogens is 1. The van der Waals surface area contributed by atoms with Gasteiger partial charge in [-0.2, -0.15) is 5.26 Å². The molecular formula is C22H28FN5O3. The first kappa shape index (κ1) is 22.5. The van der Waals surface area contributed by atoms with Crippen molar-refractivity contribution < 1.29 is 18.8 Å². The van der Waals surface area contributed by atoms with Gasteiger partial charge in [-0.1, -0.05) is 19.3 Å². The second kappa shape index (κ2) is 10.2. The van der Waals surface area contributed by atoms with Crippen LogP contribution < -0.4 is 16.0 Å². The Labute approximate surface area is 181 Å². The Morgan fingerprint density at radius 1 is 1.06 bits per heavy atom. The lowest BCUT2D eigenvalue weighted by Crippen LogP contribution is -2.59. The van der Waals surface area contributed by atoms with Gasteiger partial charge in [-0.25, -0.2) is 9.18 Å². The van der Waals surface area contributed by atoms with E-state index in [1.54, 1.807) is 4.90 Å². The molecule has 1 aromatic rings. The monoisotopic (exact) mass is 429 g/mol. The summed E-state index contributed by atoms with van der Waals surface area (Å²) in [5, 5.41) is 16.6. The minimum Gasteiger partial charge on any atom is -0.341 e. The van der Waals surface area contributed by atoms with Crippen molar-refractivity contribution in [3.8, 4) is 6.07 Å². The zero-order valence-corrected chi connectivity index (χ0v) is 17.5. The SMILES string of the molecule is N#CCNC(=O)C1(NC(=O)c2ccc(NC(=O)N3CCCCC3)c(F)c2)CCCCC1. The van der Waals surface area contributed by atoms with Gasteiger partial charge in [0.2, 0.25) is 5.91 Å². The Kier molecular flexibility index (Phi) is 7.45. The molecule has 0 unspecified atom stereocenters. The summed E-state index contributed by atoms with van der Waals surface area (Å²) in [7, 11) is 0. The molecule has 8 nitrogen and oxygen atoms in total. The van der Waals surface area contributed by atoms with Crippen molar-refractivity contribution in [3.63, 3.8) is 0 Å². The molecule has 0 radical (unpaired) electrons. The van der Waals surface area contributed by atoms with Crippen molar-refractivity contribution in [1.82, 2.24) is 15.5 Å². The van der Waals surface area contributed by atoms with Crippen LogP contribution >= 0.6 is 0 Å². The standard InChI is InChI=1S/C22H28FN5O3/c23-17-15-16(7-8-18(17)26-21(31)28-13-5-2-6-14-28)19(29)27-22(9-3-1-4-10-22)20(30)25-12-11-24/h7-8,15H,1-6,9-10,12-14H2,(H,25,30)(H,26,31)(H,27,29). The number of urea groups is 1. The van der Waals surface area contributed by atoms with Crippen LogP contribution in [0.2, 0.25) is 0 Å². The van der Waals surface area contributed by atoms with Gasteiger partial charge in [0.1, 0.15) is 17.9 Å². The average molecular weight is 429 g/mol. The van der Waals surface area contributed by atoms with Crippen LogP contribution in [0, 0.1) is 17.1 Å². The van der Waals surface area contributed by atoms with Crippen LogP contribution in [0.25, 0.3) is 0 Å². The molecule has 0 atom stereocenters. The van der Waals surface area contributed by atoms with Crippen LogP contribution in [0.1, 0.15) is 61.7 Å². The van der Waals surface area contributed by atoms with Crippen LogP contribution in [0.15, 0.2) is 18.2 Å². The van der Waals surface area contributed by atoms with Gasteiger partial charge in [-0.3, -0.25) is 9.59 Å². The summed E-state index contributed by atoms with van der Waals surface area (Å²) >= 11 is 0. The third kappa shape index (κ3) is 5.51. The minimum absolute atomic E-state index is 0.00580. The maximum atomic E-state index is 14.6. The Morgan fingerprint density at radius 2 is 1.74 bits per heavy atom. The second-order valence-corrected chi connectivity index (χ2v) is 8.11. The van der Waals surface area contributed by atoms with E-state index >= 15 is 0 Å². The Morgan fingerprint density at radius 3 is 2.39 bits per heavy atom. The molecule has 0 aromatic heterocycles. The predicted molar refractivity (Wildman–Crippen MR) is 113 cm³/mol. The number of nitrogens with one attached hydrogen (secondary N) is 3. The zero-order chi connectivity index (χ0) is 22.3. The van der Waals surface area contributed by atoms with Gasteiger partial charge in [0.25, 0.3) is 5.91 Å². The van der Waals surface area contributed by atoms with E-state index in [9.17, 15) is 18.8 Å².